The molecular weight excluding hydrogens is 436 g/mol. The van der Waals surface area contributed by atoms with Crippen molar-refractivity contribution >= 4 is 34.8 Å². The van der Waals surface area contributed by atoms with E-state index in [9.17, 15) is 19.7 Å². The molecule has 0 spiro atoms. The van der Waals surface area contributed by atoms with Crippen molar-refractivity contribution in [1.29, 1.82) is 0 Å². The maximum Gasteiger partial charge on any atom is 0.293 e. The number of ether oxygens (including phenoxy) is 1. The van der Waals surface area contributed by atoms with Gasteiger partial charge in [-0.05, 0) is 55.5 Å². The molecule has 0 fully saturated rings. The smallest absolute Gasteiger partial charge is 0.293 e. The average Bonchev–Trinajstić information content (AvgIpc) is 3.28. The van der Waals surface area contributed by atoms with E-state index in [0.717, 1.165) is 5.56 Å². The van der Waals surface area contributed by atoms with Gasteiger partial charge in [0.1, 0.15) is 11.5 Å². The summed E-state index contributed by atoms with van der Waals surface area (Å²) in [5.41, 5.74) is 6.29. The lowest BCUT2D eigenvalue weighted by Crippen LogP contribution is -2.49. The number of hydrogen-bond donors (Lipinski definition) is 3. The third kappa shape index (κ3) is 6.12. The van der Waals surface area contributed by atoms with Crippen LogP contribution in [-0.4, -0.2) is 28.5 Å². The Morgan fingerprint density at radius 3 is 2.38 bits per heavy atom. The van der Waals surface area contributed by atoms with Crippen LogP contribution in [0.5, 0.6) is 5.75 Å². The van der Waals surface area contributed by atoms with Crippen LogP contribution in [0.15, 0.2) is 65.1 Å². The summed E-state index contributed by atoms with van der Waals surface area (Å²) in [6.07, 6.45) is 0. The van der Waals surface area contributed by atoms with Gasteiger partial charge in [0, 0.05) is 17.7 Å². The molecule has 0 saturated carbocycles. The minimum absolute atomic E-state index is 0.0310. The summed E-state index contributed by atoms with van der Waals surface area (Å²) in [5, 5.41) is 12.9. The number of furan rings is 1. The highest BCUT2D eigenvalue weighted by Gasteiger charge is 2.15. The number of thiocarbonyl (C=S) groups is 1. The first-order chi connectivity index (χ1) is 15.3. The van der Waals surface area contributed by atoms with Crippen molar-refractivity contribution in [2.24, 2.45) is 0 Å². The third-order valence-electron chi connectivity index (χ3n) is 4.13. The second-order valence-corrected chi connectivity index (χ2v) is 6.93. The highest BCUT2D eigenvalue weighted by Crippen LogP contribution is 2.24. The van der Waals surface area contributed by atoms with Gasteiger partial charge in [0.15, 0.2) is 17.5 Å². The Bertz CT molecular complexity index is 1140. The molecule has 3 rings (SSSR count). The van der Waals surface area contributed by atoms with E-state index in [-0.39, 0.29) is 23.2 Å². The molecular formula is C21H18N4O6S. The highest BCUT2D eigenvalue weighted by atomic mass is 32.1. The van der Waals surface area contributed by atoms with Crippen LogP contribution in [0.25, 0.3) is 11.3 Å². The number of aryl methyl sites for hydroxylation is 1. The molecule has 3 aromatic rings. The first-order valence-corrected chi connectivity index (χ1v) is 9.67. The summed E-state index contributed by atoms with van der Waals surface area (Å²) >= 11 is 4.98. The largest absolute Gasteiger partial charge is 0.484 e. The SMILES string of the molecule is Cc1ccc(OCC(=O)NNC(=S)NC(=O)c2ccc(-c3ccc([N+](=O)[O-])cc3)o2)cc1. The van der Waals surface area contributed by atoms with Crippen LogP contribution in [-0.2, 0) is 4.79 Å². The Morgan fingerprint density at radius 2 is 1.72 bits per heavy atom. The lowest BCUT2D eigenvalue weighted by atomic mass is 10.1. The number of amides is 2. The van der Waals surface area contributed by atoms with Crippen LogP contribution in [0, 0.1) is 17.0 Å². The lowest BCUT2D eigenvalue weighted by Gasteiger charge is -2.11. The van der Waals surface area contributed by atoms with E-state index >= 15 is 0 Å². The first kappa shape index (κ1) is 22.4. The minimum atomic E-state index is -0.638. The molecule has 0 unspecified atom stereocenters. The zero-order chi connectivity index (χ0) is 23.1. The number of hydrazine groups is 1. The number of nitro groups is 1. The number of nitrogens with zero attached hydrogens (tertiary/aromatic N) is 1. The van der Waals surface area contributed by atoms with Crippen molar-refractivity contribution in [3.8, 4) is 17.1 Å². The van der Waals surface area contributed by atoms with Crippen molar-refractivity contribution in [3.63, 3.8) is 0 Å². The zero-order valence-corrected chi connectivity index (χ0v) is 17.6. The van der Waals surface area contributed by atoms with Crippen LogP contribution in [0.1, 0.15) is 16.1 Å². The Morgan fingerprint density at radius 1 is 1.03 bits per heavy atom. The van der Waals surface area contributed by atoms with Gasteiger partial charge in [-0.15, -0.1) is 0 Å². The molecule has 164 valence electrons. The quantitative estimate of drug-likeness (QED) is 0.294. The molecule has 32 heavy (non-hydrogen) atoms. The second-order valence-electron chi connectivity index (χ2n) is 6.53. The number of nitrogens with one attached hydrogen (secondary N) is 3. The van der Waals surface area contributed by atoms with Crippen molar-refractivity contribution in [1.82, 2.24) is 16.2 Å². The summed E-state index contributed by atoms with van der Waals surface area (Å²) in [6, 6.07) is 15.9. The van der Waals surface area contributed by atoms with Gasteiger partial charge in [0.05, 0.1) is 4.92 Å². The Kier molecular flexibility index (Phi) is 7.13. The fourth-order valence-electron chi connectivity index (χ4n) is 2.50. The number of carbonyl (C=O) groups is 2. The van der Waals surface area contributed by atoms with Gasteiger partial charge in [-0.2, -0.15) is 0 Å². The predicted octanol–water partition coefficient (Wildman–Crippen LogP) is 2.88. The van der Waals surface area contributed by atoms with Crippen LogP contribution in [0.4, 0.5) is 5.69 Å². The van der Waals surface area contributed by atoms with Gasteiger partial charge in [-0.3, -0.25) is 35.9 Å². The van der Waals surface area contributed by atoms with E-state index in [1.165, 1.54) is 30.3 Å². The number of rotatable bonds is 6. The van der Waals surface area contributed by atoms with Crippen LogP contribution < -0.4 is 20.9 Å². The van der Waals surface area contributed by atoms with E-state index in [2.05, 4.69) is 16.2 Å². The summed E-state index contributed by atoms with van der Waals surface area (Å²) in [4.78, 5) is 34.3. The Labute approximate surface area is 187 Å². The van der Waals surface area contributed by atoms with Crippen molar-refractivity contribution in [2.45, 2.75) is 6.92 Å². The summed E-state index contributed by atoms with van der Waals surface area (Å²) in [6.45, 7) is 1.69. The van der Waals surface area contributed by atoms with Gasteiger partial charge >= 0.3 is 0 Å². The summed E-state index contributed by atoms with van der Waals surface area (Å²) in [7, 11) is 0. The molecule has 0 aliphatic rings. The minimum Gasteiger partial charge on any atom is -0.484 e. The molecule has 2 aromatic carbocycles. The number of hydrogen-bond acceptors (Lipinski definition) is 7. The van der Waals surface area contributed by atoms with Gasteiger partial charge in [-0.1, -0.05) is 17.7 Å². The van der Waals surface area contributed by atoms with Gasteiger partial charge in [-0.25, -0.2) is 0 Å². The molecule has 1 aromatic heterocycles. The molecule has 1 heterocycles. The summed E-state index contributed by atoms with van der Waals surface area (Å²) < 4.78 is 10.8. The van der Waals surface area contributed by atoms with Crippen molar-refractivity contribution in [2.75, 3.05) is 6.61 Å². The molecule has 0 radical (unpaired) electrons. The molecule has 0 saturated heterocycles. The van der Waals surface area contributed by atoms with E-state index in [4.69, 9.17) is 21.4 Å². The monoisotopic (exact) mass is 454 g/mol. The molecule has 11 heteroatoms. The molecule has 0 aliphatic carbocycles. The van der Waals surface area contributed by atoms with Crippen molar-refractivity contribution in [3.05, 3.63) is 82.1 Å². The first-order valence-electron chi connectivity index (χ1n) is 9.26. The lowest BCUT2D eigenvalue weighted by molar-refractivity contribution is -0.384. The fraction of sp³-hybridized carbons (Fsp3) is 0.0952. The predicted molar refractivity (Wildman–Crippen MR) is 119 cm³/mol. The highest BCUT2D eigenvalue weighted by molar-refractivity contribution is 7.80. The van der Waals surface area contributed by atoms with Crippen molar-refractivity contribution < 1.29 is 23.7 Å². The second kappa shape index (κ2) is 10.2. The van der Waals surface area contributed by atoms with E-state index in [0.29, 0.717) is 17.1 Å². The maximum atomic E-state index is 12.3. The number of non-ortho nitro benzene ring substituents is 1. The topological polar surface area (TPSA) is 136 Å². The van der Waals surface area contributed by atoms with Gasteiger partial charge in [0.2, 0.25) is 0 Å². The standard InChI is InChI=1S/C21H18N4O6S/c1-13-2-8-16(9-3-13)30-12-19(26)23-24-21(32)22-20(27)18-11-10-17(31-18)14-4-6-15(7-5-14)25(28)29/h2-11H,12H2,1H3,(H,23,26)(H2,22,24,27,32). The molecule has 2 amide bonds. The van der Waals surface area contributed by atoms with Gasteiger partial charge < -0.3 is 9.15 Å². The molecule has 0 bridgehead atoms. The number of nitro benzene ring substituents is 1. The van der Waals surface area contributed by atoms with Crippen LogP contribution in [0.3, 0.4) is 0 Å². The van der Waals surface area contributed by atoms with E-state index in [1.54, 1.807) is 18.2 Å². The molecule has 10 nitrogen and oxygen atoms in total. The Hall–Kier alpha value is -4.25. The van der Waals surface area contributed by atoms with E-state index < -0.39 is 16.7 Å². The number of carbonyl (C=O) groups excluding carboxylic acids is 2. The molecule has 3 N–H and O–H groups in total. The average molecular weight is 454 g/mol. The summed E-state index contributed by atoms with van der Waals surface area (Å²) in [5.74, 6) is -0.272. The van der Waals surface area contributed by atoms with E-state index in [1.807, 2.05) is 19.1 Å². The number of benzene rings is 2. The third-order valence-corrected chi connectivity index (χ3v) is 4.33. The van der Waals surface area contributed by atoms with Crippen LogP contribution >= 0.6 is 12.2 Å². The maximum absolute atomic E-state index is 12.3. The van der Waals surface area contributed by atoms with Crippen LogP contribution in [0.2, 0.25) is 0 Å². The molecule has 0 atom stereocenters. The zero-order valence-electron chi connectivity index (χ0n) is 16.8. The normalized spacial score (nSPS) is 10.2. The Balaban J connectivity index is 1.46. The van der Waals surface area contributed by atoms with Gasteiger partial charge in [0.25, 0.3) is 17.5 Å². The molecule has 0 aliphatic heterocycles. The fourth-order valence-corrected chi connectivity index (χ4v) is 2.65.